The van der Waals surface area contributed by atoms with Crippen LogP contribution in [0.25, 0.3) is 0 Å². The van der Waals surface area contributed by atoms with E-state index in [-0.39, 0.29) is 0 Å². The van der Waals surface area contributed by atoms with Crippen molar-refractivity contribution in [3.63, 3.8) is 0 Å². The van der Waals surface area contributed by atoms with Crippen molar-refractivity contribution in [2.75, 3.05) is 11.9 Å². The van der Waals surface area contributed by atoms with Crippen LogP contribution in [0.1, 0.15) is 26.7 Å². The molecular weight excluding hydrogens is 198 g/mol. The van der Waals surface area contributed by atoms with Gasteiger partial charge in [-0.15, -0.1) is 0 Å². The van der Waals surface area contributed by atoms with E-state index in [0.717, 1.165) is 19.4 Å². The molecule has 1 aliphatic heterocycles. The summed E-state index contributed by atoms with van der Waals surface area (Å²) in [6.07, 6.45) is 2.64. The van der Waals surface area contributed by atoms with Gasteiger partial charge >= 0.3 is 0 Å². The summed E-state index contributed by atoms with van der Waals surface area (Å²) >= 11 is 0. The molecule has 0 amide bonds. The molecule has 88 valence electrons. The van der Waals surface area contributed by atoms with Crippen LogP contribution in [0.2, 0.25) is 0 Å². The van der Waals surface area contributed by atoms with Gasteiger partial charge in [-0.2, -0.15) is 0 Å². The minimum absolute atomic E-state index is 0.412. The average Bonchev–Trinajstić information content (AvgIpc) is 2.30. The number of hydrogen-bond donors (Lipinski definition) is 1. The number of anilines is 1. The lowest BCUT2D eigenvalue weighted by Gasteiger charge is -2.32. The summed E-state index contributed by atoms with van der Waals surface area (Å²) < 4.78 is 5.77. The molecule has 2 rings (SSSR count). The summed E-state index contributed by atoms with van der Waals surface area (Å²) in [5.41, 5.74) is 1.22. The number of ether oxygens (including phenoxy) is 1. The predicted molar refractivity (Wildman–Crippen MR) is 67.7 cm³/mol. The second-order valence-electron chi connectivity index (χ2n) is 4.88. The molecule has 0 aliphatic carbocycles. The maximum Gasteiger partial charge on any atom is 0.0617 e. The molecule has 1 saturated heterocycles. The Hall–Kier alpha value is -1.02. The monoisotopic (exact) mass is 219 g/mol. The van der Waals surface area contributed by atoms with E-state index >= 15 is 0 Å². The first kappa shape index (κ1) is 11.5. The van der Waals surface area contributed by atoms with Gasteiger partial charge in [0.15, 0.2) is 0 Å². The lowest BCUT2D eigenvalue weighted by Crippen LogP contribution is -2.36. The minimum atomic E-state index is 0.412. The zero-order valence-corrected chi connectivity index (χ0v) is 10.1. The molecule has 2 atom stereocenters. The number of benzene rings is 1. The van der Waals surface area contributed by atoms with Gasteiger partial charge in [-0.1, -0.05) is 32.0 Å². The molecule has 1 fully saturated rings. The van der Waals surface area contributed by atoms with E-state index in [4.69, 9.17) is 4.74 Å². The van der Waals surface area contributed by atoms with Crippen LogP contribution >= 0.6 is 0 Å². The molecule has 0 saturated carbocycles. The summed E-state index contributed by atoms with van der Waals surface area (Å²) in [5.74, 6) is 0.611. The Morgan fingerprint density at radius 2 is 2.00 bits per heavy atom. The molecule has 1 heterocycles. The molecule has 2 nitrogen and oxygen atoms in total. The molecular formula is C14H21NO. The molecule has 0 radical (unpaired) electrons. The van der Waals surface area contributed by atoms with Gasteiger partial charge in [0.1, 0.15) is 0 Å². The second-order valence-corrected chi connectivity index (χ2v) is 4.88. The van der Waals surface area contributed by atoms with Crippen LogP contribution in [0.3, 0.4) is 0 Å². The maximum atomic E-state index is 5.77. The fourth-order valence-electron chi connectivity index (χ4n) is 2.19. The van der Waals surface area contributed by atoms with Crippen LogP contribution in [0.4, 0.5) is 5.69 Å². The quantitative estimate of drug-likeness (QED) is 0.842. The Morgan fingerprint density at radius 1 is 1.25 bits per heavy atom. The first-order chi connectivity index (χ1) is 7.75. The maximum absolute atomic E-state index is 5.77. The standard InChI is InChI=1S/C14H21NO/c1-11(2)14-10-13(8-9-16-14)15-12-6-4-3-5-7-12/h3-7,11,13-15H,8-10H2,1-2H3. The van der Waals surface area contributed by atoms with Crippen LogP contribution in [0.5, 0.6) is 0 Å². The second kappa shape index (κ2) is 5.35. The van der Waals surface area contributed by atoms with Gasteiger partial charge in [-0.3, -0.25) is 0 Å². The fourth-order valence-corrected chi connectivity index (χ4v) is 2.19. The lowest BCUT2D eigenvalue weighted by molar-refractivity contribution is -0.0160. The number of hydrogen-bond acceptors (Lipinski definition) is 2. The largest absolute Gasteiger partial charge is 0.382 e. The molecule has 1 aromatic rings. The van der Waals surface area contributed by atoms with Crippen LogP contribution in [-0.4, -0.2) is 18.8 Å². The molecule has 16 heavy (non-hydrogen) atoms. The van der Waals surface area contributed by atoms with Gasteiger partial charge in [0.25, 0.3) is 0 Å². The summed E-state index contributed by atoms with van der Waals surface area (Å²) in [5, 5.41) is 3.59. The van der Waals surface area contributed by atoms with E-state index in [1.807, 2.05) is 6.07 Å². The van der Waals surface area contributed by atoms with Crippen molar-refractivity contribution in [3.05, 3.63) is 30.3 Å². The first-order valence-corrected chi connectivity index (χ1v) is 6.19. The SMILES string of the molecule is CC(C)C1CC(Nc2ccccc2)CCO1. The molecule has 0 bridgehead atoms. The van der Waals surface area contributed by atoms with Gasteiger partial charge in [-0.25, -0.2) is 0 Å². The molecule has 0 spiro atoms. The number of para-hydroxylation sites is 1. The zero-order chi connectivity index (χ0) is 11.4. The number of nitrogens with one attached hydrogen (secondary N) is 1. The molecule has 1 aliphatic rings. The van der Waals surface area contributed by atoms with Gasteiger partial charge in [0.2, 0.25) is 0 Å². The van der Waals surface area contributed by atoms with Gasteiger partial charge in [0.05, 0.1) is 6.10 Å². The van der Waals surface area contributed by atoms with Crippen molar-refractivity contribution >= 4 is 5.69 Å². The topological polar surface area (TPSA) is 21.3 Å². The van der Waals surface area contributed by atoms with E-state index in [0.29, 0.717) is 18.1 Å². The van der Waals surface area contributed by atoms with Gasteiger partial charge < -0.3 is 10.1 Å². The third-order valence-corrected chi connectivity index (χ3v) is 3.20. The highest BCUT2D eigenvalue weighted by molar-refractivity contribution is 5.43. The van der Waals surface area contributed by atoms with Crippen LogP contribution in [0, 0.1) is 5.92 Å². The Kier molecular flexibility index (Phi) is 3.83. The highest BCUT2D eigenvalue weighted by atomic mass is 16.5. The van der Waals surface area contributed by atoms with Gasteiger partial charge in [0, 0.05) is 18.3 Å². The Labute approximate surface area is 98.0 Å². The Balaban J connectivity index is 1.90. The van der Waals surface area contributed by atoms with E-state index in [1.54, 1.807) is 0 Å². The zero-order valence-electron chi connectivity index (χ0n) is 10.1. The highest BCUT2D eigenvalue weighted by Crippen LogP contribution is 2.22. The van der Waals surface area contributed by atoms with E-state index in [9.17, 15) is 0 Å². The molecule has 1 N–H and O–H groups in total. The fraction of sp³-hybridized carbons (Fsp3) is 0.571. The van der Waals surface area contributed by atoms with Crippen LogP contribution in [-0.2, 0) is 4.74 Å². The third-order valence-electron chi connectivity index (χ3n) is 3.20. The van der Waals surface area contributed by atoms with E-state index in [2.05, 4.69) is 43.4 Å². The van der Waals surface area contributed by atoms with E-state index in [1.165, 1.54) is 5.69 Å². The van der Waals surface area contributed by atoms with Crippen molar-refractivity contribution < 1.29 is 4.74 Å². The number of rotatable bonds is 3. The van der Waals surface area contributed by atoms with Crippen LogP contribution in [0.15, 0.2) is 30.3 Å². The third kappa shape index (κ3) is 2.99. The van der Waals surface area contributed by atoms with Crippen molar-refractivity contribution in [1.82, 2.24) is 0 Å². The molecule has 2 heteroatoms. The normalized spacial score (nSPS) is 25.7. The van der Waals surface area contributed by atoms with Crippen molar-refractivity contribution in [2.45, 2.75) is 38.8 Å². The molecule has 0 aromatic heterocycles. The molecule has 1 aromatic carbocycles. The average molecular weight is 219 g/mol. The Bertz CT molecular complexity index is 310. The summed E-state index contributed by atoms with van der Waals surface area (Å²) in [7, 11) is 0. The Morgan fingerprint density at radius 3 is 2.69 bits per heavy atom. The molecule has 2 unspecified atom stereocenters. The summed E-state index contributed by atoms with van der Waals surface area (Å²) in [6, 6.07) is 11.0. The van der Waals surface area contributed by atoms with Gasteiger partial charge in [-0.05, 0) is 30.9 Å². The minimum Gasteiger partial charge on any atom is -0.382 e. The van der Waals surface area contributed by atoms with Crippen molar-refractivity contribution in [3.8, 4) is 0 Å². The van der Waals surface area contributed by atoms with E-state index < -0.39 is 0 Å². The van der Waals surface area contributed by atoms with Crippen molar-refractivity contribution in [2.24, 2.45) is 5.92 Å². The highest BCUT2D eigenvalue weighted by Gasteiger charge is 2.24. The van der Waals surface area contributed by atoms with Crippen molar-refractivity contribution in [1.29, 1.82) is 0 Å². The first-order valence-electron chi connectivity index (χ1n) is 6.19. The van der Waals surface area contributed by atoms with Crippen LogP contribution < -0.4 is 5.32 Å². The smallest absolute Gasteiger partial charge is 0.0617 e. The lowest BCUT2D eigenvalue weighted by atomic mass is 9.95. The predicted octanol–water partition coefficient (Wildman–Crippen LogP) is 3.30. The summed E-state index contributed by atoms with van der Waals surface area (Å²) in [6.45, 7) is 5.35. The summed E-state index contributed by atoms with van der Waals surface area (Å²) in [4.78, 5) is 0.